The van der Waals surface area contributed by atoms with E-state index in [1.807, 2.05) is 23.0 Å². The molecule has 3 aromatic heterocycles. The molecule has 0 bridgehead atoms. The van der Waals surface area contributed by atoms with Gasteiger partial charge in [0.25, 0.3) is 0 Å². The van der Waals surface area contributed by atoms with Crippen LogP contribution < -0.4 is 20.3 Å². The van der Waals surface area contributed by atoms with Crippen LogP contribution in [0.15, 0.2) is 30.6 Å². The number of fused-ring (bicyclic) bond motifs is 1. The molecule has 5 rings (SSSR count). The van der Waals surface area contributed by atoms with Crippen LogP contribution in [0, 0.1) is 11.8 Å². The Hall–Kier alpha value is -2.95. The third-order valence-corrected chi connectivity index (χ3v) is 9.88. The predicted molar refractivity (Wildman–Crippen MR) is 182 cm³/mol. The first-order valence-corrected chi connectivity index (χ1v) is 17.6. The number of rotatable bonds is 17. The molecule has 5 heterocycles. The summed E-state index contributed by atoms with van der Waals surface area (Å²) in [6, 6.07) is 6.37. The number of pyridine rings is 1. The van der Waals surface area contributed by atoms with Crippen molar-refractivity contribution in [3.63, 3.8) is 0 Å². The maximum absolute atomic E-state index is 9.64. The SMILES string of the molecule is CCc1cnn2c(NCc3ccc(OCCCC4CCN(CC5CCNCC5)CC4)nc3)cc(N(CC)C(CC)CCO)nc12. The van der Waals surface area contributed by atoms with E-state index in [4.69, 9.17) is 9.72 Å². The topological polar surface area (TPSA) is 103 Å². The van der Waals surface area contributed by atoms with Crippen molar-refractivity contribution >= 4 is 17.3 Å². The Bertz CT molecular complexity index is 1280. The zero-order valence-corrected chi connectivity index (χ0v) is 27.9. The molecule has 3 N–H and O–H groups in total. The zero-order chi connectivity index (χ0) is 31.4. The Morgan fingerprint density at radius 2 is 1.91 bits per heavy atom. The molecule has 2 aliphatic heterocycles. The maximum Gasteiger partial charge on any atom is 0.213 e. The van der Waals surface area contributed by atoms with Crippen molar-refractivity contribution in [2.24, 2.45) is 11.8 Å². The van der Waals surface area contributed by atoms with Crippen LogP contribution in [0.4, 0.5) is 11.6 Å². The number of anilines is 2. The van der Waals surface area contributed by atoms with Crippen molar-refractivity contribution < 1.29 is 9.84 Å². The summed E-state index contributed by atoms with van der Waals surface area (Å²) < 4.78 is 7.92. The van der Waals surface area contributed by atoms with Gasteiger partial charge in [-0.05, 0) is 108 Å². The van der Waals surface area contributed by atoms with Crippen molar-refractivity contribution in [3.8, 4) is 5.88 Å². The molecule has 3 aromatic rings. The maximum atomic E-state index is 9.64. The number of hydrogen-bond acceptors (Lipinski definition) is 9. The number of aromatic nitrogens is 4. The average molecular weight is 621 g/mol. The second-order valence-corrected chi connectivity index (χ2v) is 12.9. The Labute approximate surface area is 270 Å². The van der Waals surface area contributed by atoms with Crippen LogP contribution in [0.2, 0.25) is 0 Å². The molecule has 0 amide bonds. The summed E-state index contributed by atoms with van der Waals surface area (Å²) in [7, 11) is 0. The highest BCUT2D eigenvalue weighted by molar-refractivity contribution is 5.61. The van der Waals surface area contributed by atoms with Gasteiger partial charge in [0.05, 0.1) is 12.8 Å². The molecule has 2 aliphatic rings. The van der Waals surface area contributed by atoms with Gasteiger partial charge < -0.3 is 30.3 Å². The van der Waals surface area contributed by atoms with E-state index in [0.717, 1.165) is 79.1 Å². The highest BCUT2D eigenvalue weighted by Crippen LogP contribution is 2.26. The van der Waals surface area contributed by atoms with Crippen molar-refractivity contribution in [1.29, 1.82) is 0 Å². The fourth-order valence-corrected chi connectivity index (χ4v) is 7.08. The van der Waals surface area contributed by atoms with Crippen LogP contribution in [-0.2, 0) is 13.0 Å². The van der Waals surface area contributed by atoms with Gasteiger partial charge in [-0.25, -0.2) is 9.97 Å². The first-order chi connectivity index (χ1) is 22.1. The Morgan fingerprint density at radius 3 is 2.60 bits per heavy atom. The molecule has 45 heavy (non-hydrogen) atoms. The summed E-state index contributed by atoms with van der Waals surface area (Å²) in [5.74, 6) is 4.22. The molecule has 1 atom stereocenters. The van der Waals surface area contributed by atoms with Gasteiger partial charge in [-0.2, -0.15) is 9.61 Å². The lowest BCUT2D eigenvalue weighted by atomic mass is 9.90. The van der Waals surface area contributed by atoms with E-state index in [2.05, 4.69) is 63.4 Å². The monoisotopic (exact) mass is 620 g/mol. The summed E-state index contributed by atoms with van der Waals surface area (Å²) in [4.78, 5) is 14.6. The van der Waals surface area contributed by atoms with Crippen LogP contribution in [-0.4, -0.2) is 88.1 Å². The second-order valence-electron chi connectivity index (χ2n) is 12.9. The molecular formula is C35H56N8O2. The fourth-order valence-electron chi connectivity index (χ4n) is 7.08. The highest BCUT2D eigenvalue weighted by atomic mass is 16.5. The van der Waals surface area contributed by atoms with Crippen LogP contribution in [0.1, 0.15) is 83.3 Å². The van der Waals surface area contributed by atoms with E-state index in [1.54, 1.807) is 0 Å². The number of aryl methyl sites for hydroxylation is 1. The normalized spacial score (nSPS) is 17.5. The fraction of sp³-hybridized carbons (Fsp3) is 0.686. The molecule has 10 heteroatoms. The number of likely N-dealkylation sites (tertiary alicyclic amines) is 1. The molecular weight excluding hydrogens is 564 g/mol. The zero-order valence-electron chi connectivity index (χ0n) is 27.9. The molecule has 0 aromatic carbocycles. The molecule has 0 aliphatic carbocycles. The number of ether oxygens (including phenoxy) is 1. The van der Waals surface area contributed by atoms with Crippen molar-refractivity contribution in [2.45, 2.75) is 91.1 Å². The van der Waals surface area contributed by atoms with Crippen molar-refractivity contribution in [2.75, 3.05) is 62.7 Å². The number of aliphatic hydroxyl groups excluding tert-OH is 1. The van der Waals surface area contributed by atoms with E-state index in [0.29, 0.717) is 12.4 Å². The van der Waals surface area contributed by atoms with Crippen LogP contribution in [0.3, 0.4) is 0 Å². The van der Waals surface area contributed by atoms with E-state index >= 15 is 0 Å². The number of piperidine rings is 2. The molecule has 2 saturated heterocycles. The molecule has 248 valence electrons. The molecule has 2 fully saturated rings. The minimum absolute atomic E-state index is 0.167. The predicted octanol–water partition coefficient (Wildman–Crippen LogP) is 5.16. The molecule has 0 saturated carbocycles. The Balaban J connectivity index is 1.09. The van der Waals surface area contributed by atoms with E-state index in [-0.39, 0.29) is 12.6 Å². The first-order valence-electron chi connectivity index (χ1n) is 17.6. The highest BCUT2D eigenvalue weighted by Gasteiger charge is 2.23. The number of nitrogens with one attached hydrogen (secondary N) is 2. The lowest BCUT2D eigenvalue weighted by molar-refractivity contribution is 0.141. The van der Waals surface area contributed by atoms with Crippen molar-refractivity contribution in [1.82, 2.24) is 29.8 Å². The van der Waals surface area contributed by atoms with Crippen molar-refractivity contribution in [3.05, 3.63) is 41.7 Å². The minimum Gasteiger partial charge on any atom is -0.478 e. The van der Waals surface area contributed by atoms with Crippen LogP contribution in [0.5, 0.6) is 5.88 Å². The van der Waals surface area contributed by atoms with Crippen LogP contribution >= 0.6 is 0 Å². The molecule has 0 radical (unpaired) electrons. The number of hydrogen-bond donors (Lipinski definition) is 3. The molecule has 0 spiro atoms. The third kappa shape index (κ3) is 9.08. The number of aliphatic hydroxyl groups is 1. The second kappa shape index (κ2) is 17.1. The first kappa shape index (κ1) is 33.4. The van der Waals surface area contributed by atoms with Gasteiger partial charge in [0.15, 0.2) is 5.65 Å². The molecule has 1 unspecified atom stereocenters. The smallest absolute Gasteiger partial charge is 0.213 e. The van der Waals surface area contributed by atoms with Gasteiger partial charge >= 0.3 is 0 Å². The summed E-state index contributed by atoms with van der Waals surface area (Å²) in [5.41, 5.74) is 3.07. The van der Waals surface area contributed by atoms with Gasteiger partial charge in [-0.1, -0.05) is 19.9 Å². The van der Waals surface area contributed by atoms with E-state index < -0.39 is 0 Å². The van der Waals surface area contributed by atoms with Gasteiger partial charge in [-0.15, -0.1) is 0 Å². The molecule has 10 nitrogen and oxygen atoms in total. The van der Waals surface area contributed by atoms with Gasteiger partial charge in [0.2, 0.25) is 5.88 Å². The Kier molecular flexibility index (Phi) is 12.7. The lowest BCUT2D eigenvalue weighted by Gasteiger charge is -2.35. The van der Waals surface area contributed by atoms with E-state index in [9.17, 15) is 5.11 Å². The van der Waals surface area contributed by atoms with Gasteiger partial charge in [0, 0.05) is 56.2 Å². The lowest BCUT2D eigenvalue weighted by Crippen LogP contribution is -2.40. The summed E-state index contributed by atoms with van der Waals surface area (Å²) in [5, 5.41) is 21.3. The Morgan fingerprint density at radius 1 is 1.09 bits per heavy atom. The standard InChI is InChI=1S/C35H56N8O2/c1-4-30-25-39-43-32(22-33(40-35(30)43)42(6-3)31(5-2)15-20-44)37-23-29-9-10-34(38-24-29)45-21-7-8-27-13-18-41(19-14-27)26-28-11-16-36-17-12-28/h9-10,22,24-25,27-28,31,36-37,44H,4-8,11-21,23,26H2,1-3H3. The summed E-state index contributed by atoms with van der Waals surface area (Å²) in [6.45, 7) is 15.0. The van der Waals surface area contributed by atoms with E-state index in [1.165, 1.54) is 64.8 Å². The number of nitrogens with zero attached hydrogens (tertiary/aromatic N) is 6. The quantitative estimate of drug-likeness (QED) is 0.177. The third-order valence-electron chi connectivity index (χ3n) is 9.88. The average Bonchev–Trinajstić information content (AvgIpc) is 3.50. The minimum atomic E-state index is 0.167. The largest absolute Gasteiger partial charge is 0.478 e. The summed E-state index contributed by atoms with van der Waals surface area (Å²) >= 11 is 0. The van der Waals surface area contributed by atoms with Gasteiger partial charge in [0.1, 0.15) is 11.6 Å². The van der Waals surface area contributed by atoms with Gasteiger partial charge in [-0.3, -0.25) is 0 Å². The summed E-state index contributed by atoms with van der Waals surface area (Å²) in [6.07, 6.45) is 14.0. The van der Waals surface area contributed by atoms with Crippen LogP contribution in [0.25, 0.3) is 5.65 Å².